The van der Waals surface area contributed by atoms with Crippen LogP contribution in [0.15, 0.2) is 41.8 Å². The van der Waals surface area contributed by atoms with Gasteiger partial charge in [-0.05, 0) is 59.1 Å². The summed E-state index contributed by atoms with van der Waals surface area (Å²) in [6.07, 6.45) is 0. The Balaban J connectivity index is 1.92. The van der Waals surface area contributed by atoms with Gasteiger partial charge in [-0.25, -0.2) is 0 Å². The molecule has 3 rings (SSSR count). The van der Waals surface area contributed by atoms with Crippen molar-refractivity contribution in [1.29, 1.82) is 0 Å². The molecule has 1 nitrogen and oxygen atoms in total. The van der Waals surface area contributed by atoms with Crippen LogP contribution in [0, 0.1) is 5.92 Å². The van der Waals surface area contributed by atoms with E-state index in [1.807, 2.05) is 11.3 Å². The van der Waals surface area contributed by atoms with E-state index in [0.29, 0.717) is 12.0 Å². The zero-order chi connectivity index (χ0) is 14.8. The summed E-state index contributed by atoms with van der Waals surface area (Å²) in [4.78, 5) is 2.80. The summed E-state index contributed by atoms with van der Waals surface area (Å²) < 4.78 is 1.36. The van der Waals surface area contributed by atoms with Crippen molar-refractivity contribution in [3.05, 3.63) is 46.7 Å². The second-order valence-corrected chi connectivity index (χ2v) is 7.72. The zero-order valence-corrected chi connectivity index (χ0v) is 14.4. The molecule has 0 saturated heterocycles. The fraction of sp³-hybridized carbons (Fsp3) is 0.333. The highest BCUT2D eigenvalue weighted by Crippen LogP contribution is 2.35. The predicted octanol–water partition coefficient (Wildman–Crippen LogP) is 5.94. The number of nitrogens with one attached hydrogen (secondary N) is 1. The predicted molar refractivity (Wildman–Crippen MR) is 96.4 cm³/mol. The average molecular weight is 316 g/mol. The minimum atomic E-state index is 0.457. The molecular formula is C18H21NS2. The Morgan fingerprint density at radius 3 is 2.71 bits per heavy atom. The van der Waals surface area contributed by atoms with Gasteiger partial charge in [0.15, 0.2) is 0 Å². The molecule has 1 N–H and O–H groups in total. The van der Waals surface area contributed by atoms with Crippen molar-refractivity contribution in [2.24, 2.45) is 5.92 Å². The number of hydrogen-bond acceptors (Lipinski definition) is 3. The van der Waals surface area contributed by atoms with Crippen molar-refractivity contribution >= 4 is 32.8 Å². The Hall–Kier alpha value is -1.16. The lowest BCUT2D eigenvalue weighted by atomic mass is 10.0. The first kappa shape index (κ1) is 14.8. The number of hydrogen-bond donors (Lipinski definition) is 1. The van der Waals surface area contributed by atoms with Crippen LogP contribution in [0.1, 0.15) is 31.7 Å². The first-order chi connectivity index (χ1) is 10.2. The molecule has 2 aromatic heterocycles. The number of benzene rings is 1. The molecular weight excluding hydrogens is 294 g/mol. The smallest absolute Gasteiger partial charge is 0.0438 e. The molecule has 21 heavy (non-hydrogen) atoms. The van der Waals surface area contributed by atoms with E-state index in [1.165, 1.54) is 25.4 Å². The van der Waals surface area contributed by atoms with Gasteiger partial charge in [-0.1, -0.05) is 26.8 Å². The topological polar surface area (TPSA) is 12.0 Å². The van der Waals surface area contributed by atoms with Crippen LogP contribution in [0.3, 0.4) is 0 Å². The fourth-order valence-electron chi connectivity index (χ4n) is 2.68. The molecule has 0 radical (unpaired) electrons. The quantitative estimate of drug-likeness (QED) is 0.614. The molecule has 0 aliphatic heterocycles. The van der Waals surface area contributed by atoms with Crippen LogP contribution >= 0.6 is 22.7 Å². The van der Waals surface area contributed by atoms with E-state index >= 15 is 0 Å². The maximum Gasteiger partial charge on any atom is 0.0438 e. The normalized spacial score (nSPS) is 13.1. The Kier molecular flexibility index (Phi) is 4.43. The lowest BCUT2D eigenvalue weighted by Gasteiger charge is -2.20. The second-order valence-electron chi connectivity index (χ2n) is 5.65. The second kappa shape index (κ2) is 6.30. The van der Waals surface area contributed by atoms with Gasteiger partial charge in [0.1, 0.15) is 0 Å². The SMILES string of the molecule is CCNC(c1ccc(-c2ccc3sccc3c2)s1)C(C)C. The monoisotopic (exact) mass is 315 g/mol. The van der Waals surface area contributed by atoms with E-state index in [2.05, 4.69) is 67.9 Å². The molecule has 0 spiro atoms. The number of rotatable bonds is 5. The van der Waals surface area contributed by atoms with E-state index in [0.717, 1.165) is 6.54 Å². The molecule has 3 aromatic rings. The van der Waals surface area contributed by atoms with E-state index in [1.54, 1.807) is 11.3 Å². The van der Waals surface area contributed by atoms with Crippen LogP contribution < -0.4 is 5.32 Å². The largest absolute Gasteiger partial charge is 0.309 e. The van der Waals surface area contributed by atoms with Gasteiger partial charge in [0.2, 0.25) is 0 Å². The molecule has 1 aromatic carbocycles. The van der Waals surface area contributed by atoms with Gasteiger partial charge in [-0.15, -0.1) is 22.7 Å². The third kappa shape index (κ3) is 3.05. The van der Waals surface area contributed by atoms with E-state index < -0.39 is 0 Å². The first-order valence-corrected chi connectivity index (χ1v) is 9.19. The molecule has 0 fully saturated rings. The first-order valence-electron chi connectivity index (χ1n) is 7.49. The van der Waals surface area contributed by atoms with Crippen molar-refractivity contribution in [3.63, 3.8) is 0 Å². The average Bonchev–Trinajstić information content (AvgIpc) is 3.12. The summed E-state index contributed by atoms with van der Waals surface area (Å²) in [5, 5.41) is 7.11. The van der Waals surface area contributed by atoms with Crippen LogP contribution in [-0.2, 0) is 0 Å². The molecule has 0 saturated carbocycles. The third-order valence-corrected chi connectivity index (χ3v) is 5.88. The highest BCUT2D eigenvalue weighted by Gasteiger charge is 2.17. The van der Waals surface area contributed by atoms with Crippen molar-refractivity contribution in [2.45, 2.75) is 26.8 Å². The van der Waals surface area contributed by atoms with E-state index in [4.69, 9.17) is 0 Å². The van der Waals surface area contributed by atoms with Gasteiger partial charge in [-0.3, -0.25) is 0 Å². The maximum absolute atomic E-state index is 3.60. The fourth-order valence-corrected chi connectivity index (χ4v) is 4.70. The van der Waals surface area contributed by atoms with E-state index in [-0.39, 0.29) is 0 Å². The van der Waals surface area contributed by atoms with Crippen molar-refractivity contribution in [3.8, 4) is 10.4 Å². The molecule has 0 aliphatic carbocycles. The van der Waals surface area contributed by atoms with Crippen LogP contribution in [0.5, 0.6) is 0 Å². The Morgan fingerprint density at radius 1 is 1.10 bits per heavy atom. The van der Waals surface area contributed by atoms with Gasteiger partial charge >= 0.3 is 0 Å². The summed E-state index contributed by atoms with van der Waals surface area (Å²) >= 11 is 3.72. The summed E-state index contributed by atoms with van der Waals surface area (Å²) in [6, 6.07) is 14.0. The lowest BCUT2D eigenvalue weighted by molar-refractivity contribution is 0.428. The molecule has 1 atom stereocenters. The summed E-state index contributed by atoms with van der Waals surface area (Å²) in [5.41, 5.74) is 1.33. The molecule has 3 heteroatoms. The standard InChI is InChI=1S/C18H21NS2/c1-4-19-18(12(2)3)17-8-7-16(21-17)13-5-6-15-14(11-13)9-10-20-15/h5-12,18-19H,4H2,1-3H3. The van der Waals surface area contributed by atoms with E-state index in [9.17, 15) is 0 Å². The van der Waals surface area contributed by atoms with Crippen LogP contribution in [0.2, 0.25) is 0 Å². The van der Waals surface area contributed by atoms with Gasteiger partial charge in [0.05, 0.1) is 0 Å². The number of fused-ring (bicyclic) bond motifs is 1. The Bertz CT molecular complexity index is 723. The van der Waals surface area contributed by atoms with Gasteiger partial charge in [-0.2, -0.15) is 0 Å². The molecule has 110 valence electrons. The minimum absolute atomic E-state index is 0.457. The maximum atomic E-state index is 3.60. The van der Waals surface area contributed by atoms with Crippen LogP contribution in [-0.4, -0.2) is 6.54 Å². The highest BCUT2D eigenvalue weighted by atomic mass is 32.1. The zero-order valence-electron chi connectivity index (χ0n) is 12.7. The third-order valence-electron chi connectivity index (χ3n) is 3.76. The molecule has 0 amide bonds. The summed E-state index contributed by atoms with van der Waals surface area (Å²) in [5.74, 6) is 0.607. The van der Waals surface area contributed by atoms with Crippen LogP contribution in [0.25, 0.3) is 20.5 Å². The summed E-state index contributed by atoms with van der Waals surface area (Å²) in [6.45, 7) is 7.75. The van der Waals surface area contributed by atoms with Crippen molar-refractivity contribution < 1.29 is 0 Å². The lowest BCUT2D eigenvalue weighted by Crippen LogP contribution is -2.24. The van der Waals surface area contributed by atoms with Crippen molar-refractivity contribution in [1.82, 2.24) is 5.32 Å². The highest BCUT2D eigenvalue weighted by molar-refractivity contribution is 7.17. The minimum Gasteiger partial charge on any atom is -0.309 e. The number of thiophene rings is 2. The van der Waals surface area contributed by atoms with Crippen molar-refractivity contribution in [2.75, 3.05) is 6.54 Å². The van der Waals surface area contributed by atoms with Gasteiger partial charge in [0, 0.05) is 20.5 Å². The Labute approximate surface area is 134 Å². The van der Waals surface area contributed by atoms with Crippen LogP contribution in [0.4, 0.5) is 0 Å². The molecule has 1 unspecified atom stereocenters. The molecule has 0 aliphatic rings. The summed E-state index contributed by atoms with van der Waals surface area (Å²) in [7, 11) is 0. The van der Waals surface area contributed by atoms with Gasteiger partial charge in [0.25, 0.3) is 0 Å². The molecule has 2 heterocycles. The van der Waals surface area contributed by atoms with Gasteiger partial charge < -0.3 is 5.32 Å². The Morgan fingerprint density at radius 2 is 1.95 bits per heavy atom. The molecule has 0 bridgehead atoms.